The highest BCUT2D eigenvalue weighted by Gasteiger charge is 2.18. The van der Waals surface area contributed by atoms with Crippen LogP contribution in [0.3, 0.4) is 0 Å². The maximum atomic E-state index is 13.5. The summed E-state index contributed by atoms with van der Waals surface area (Å²) in [6.45, 7) is 7.58. The molecule has 1 aliphatic heterocycles. The van der Waals surface area contributed by atoms with E-state index in [1.165, 1.54) is 17.2 Å². The zero-order chi connectivity index (χ0) is 19.2. The van der Waals surface area contributed by atoms with Gasteiger partial charge in [0.2, 0.25) is 0 Å². The van der Waals surface area contributed by atoms with Crippen molar-refractivity contribution in [2.45, 2.75) is 39.7 Å². The predicted molar refractivity (Wildman–Crippen MR) is 114 cm³/mol. The quantitative estimate of drug-likeness (QED) is 0.659. The molecule has 27 heavy (non-hydrogen) atoms. The molecule has 1 N–H and O–H groups in total. The average Bonchev–Trinajstić information content (AvgIpc) is 3.11. The van der Waals surface area contributed by atoms with Crippen molar-refractivity contribution >= 4 is 22.5 Å². The summed E-state index contributed by atoms with van der Waals surface area (Å²) in [5.74, 6) is 1.72. The lowest BCUT2D eigenvalue weighted by Gasteiger charge is -2.12. The summed E-state index contributed by atoms with van der Waals surface area (Å²) < 4.78 is 19.4. The van der Waals surface area contributed by atoms with E-state index >= 15 is 0 Å². The maximum absolute atomic E-state index is 13.5. The van der Waals surface area contributed by atoms with E-state index in [-0.39, 0.29) is 5.82 Å². The van der Waals surface area contributed by atoms with Gasteiger partial charge in [-0.25, -0.2) is 4.39 Å². The zero-order valence-electron chi connectivity index (χ0n) is 16.2. The maximum Gasteiger partial charge on any atom is 0.136 e. The molecule has 1 aliphatic rings. The van der Waals surface area contributed by atoms with Crippen LogP contribution in [0.4, 0.5) is 10.1 Å². The van der Waals surface area contributed by atoms with E-state index in [0.29, 0.717) is 12.6 Å². The van der Waals surface area contributed by atoms with Gasteiger partial charge in [0.05, 0.1) is 6.04 Å². The fraction of sp³-hybridized carbons (Fsp3) is 0.409. The number of ether oxygens (including phenoxy) is 1. The number of rotatable bonds is 8. The first kappa shape index (κ1) is 19.7. The molecule has 0 aromatic heterocycles. The fourth-order valence-electron chi connectivity index (χ4n) is 3.11. The van der Waals surface area contributed by atoms with Crippen LogP contribution in [0.2, 0.25) is 0 Å². The number of benzene rings is 2. The molecule has 2 aromatic carbocycles. The van der Waals surface area contributed by atoms with Crippen molar-refractivity contribution in [3.8, 4) is 5.75 Å². The van der Waals surface area contributed by atoms with Crippen LogP contribution in [0.25, 0.3) is 0 Å². The molecule has 5 heteroatoms. The second kappa shape index (κ2) is 9.27. The van der Waals surface area contributed by atoms with E-state index in [4.69, 9.17) is 9.73 Å². The number of aliphatic imine (C=N–C) groups is 1. The molecule has 0 radical (unpaired) electrons. The highest BCUT2D eigenvalue weighted by Crippen LogP contribution is 2.25. The number of halogens is 1. The van der Waals surface area contributed by atoms with E-state index in [2.05, 4.69) is 32.2 Å². The van der Waals surface area contributed by atoms with Crippen LogP contribution in [0.5, 0.6) is 5.75 Å². The SMILES string of the molecule is CCc1ccc(F)cc1NCCC1CSC(COc2cccc(C)c2C)=N1. The molecule has 0 aliphatic carbocycles. The van der Waals surface area contributed by atoms with Gasteiger partial charge in [0.15, 0.2) is 0 Å². The molecule has 144 valence electrons. The van der Waals surface area contributed by atoms with Crippen LogP contribution < -0.4 is 10.1 Å². The van der Waals surface area contributed by atoms with E-state index in [0.717, 1.165) is 47.2 Å². The van der Waals surface area contributed by atoms with E-state index in [1.807, 2.05) is 18.2 Å². The second-order valence-electron chi connectivity index (χ2n) is 6.84. The lowest BCUT2D eigenvalue weighted by atomic mass is 10.1. The van der Waals surface area contributed by atoms with Gasteiger partial charge in [0.25, 0.3) is 0 Å². The minimum Gasteiger partial charge on any atom is -0.486 e. The van der Waals surface area contributed by atoms with Gasteiger partial charge in [0.1, 0.15) is 23.2 Å². The van der Waals surface area contributed by atoms with Gasteiger partial charge in [-0.3, -0.25) is 4.99 Å². The van der Waals surface area contributed by atoms with Crippen LogP contribution in [-0.2, 0) is 6.42 Å². The van der Waals surface area contributed by atoms with E-state index < -0.39 is 0 Å². The van der Waals surface area contributed by atoms with Crippen molar-refractivity contribution in [1.82, 2.24) is 0 Å². The Bertz CT molecular complexity index is 822. The van der Waals surface area contributed by atoms with E-state index in [1.54, 1.807) is 17.8 Å². The molecule has 1 atom stereocenters. The van der Waals surface area contributed by atoms with E-state index in [9.17, 15) is 4.39 Å². The molecule has 0 bridgehead atoms. The smallest absolute Gasteiger partial charge is 0.136 e. The van der Waals surface area contributed by atoms with Gasteiger partial charge in [0, 0.05) is 18.0 Å². The molecule has 3 rings (SSSR count). The van der Waals surface area contributed by atoms with Crippen LogP contribution in [0.15, 0.2) is 41.4 Å². The molecule has 0 saturated carbocycles. The largest absolute Gasteiger partial charge is 0.486 e. The lowest BCUT2D eigenvalue weighted by Crippen LogP contribution is -2.13. The van der Waals surface area contributed by atoms with Gasteiger partial charge in [-0.15, -0.1) is 11.8 Å². The Labute approximate surface area is 165 Å². The van der Waals surface area contributed by atoms with Crippen LogP contribution in [-0.4, -0.2) is 30.0 Å². The minimum atomic E-state index is -0.199. The summed E-state index contributed by atoms with van der Waals surface area (Å²) in [5.41, 5.74) is 4.46. The van der Waals surface area contributed by atoms with Crippen molar-refractivity contribution in [3.05, 3.63) is 58.9 Å². The predicted octanol–water partition coefficient (Wildman–Crippen LogP) is 5.40. The minimum absolute atomic E-state index is 0.199. The highest BCUT2D eigenvalue weighted by atomic mass is 32.2. The molecule has 1 unspecified atom stereocenters. The van der Waals surface area contributed by atoms with Gasteiger partial charge in [-0.05, 0) is 61.6 Å². The first-order valence-corrected chi connectivity index (χ1v) is 10.5. The Hall–Kier alpha value is -2.01. The summed E-state index contributed by atoms with van der Waals surface area (Å²) in [5, 5.41) is 4.42. The molecule has 0 spiro atoms. The molecule has 0 amide bonds. The average molecular weight is 387 g/mol. The Morgan fingerprint density at radius 3 is 2.93 bits per heavy atom. The standard InChI is InChI=1S/C22H27FN2OS/c1-4-17-8-9-18(23)12-20(17)24-11-10-19-14-27-22(25-19)13-26-21-7-5-6-15(2)16(21)3/h5-9,12,19,24H,4,10-11,13-14H2,1-3H3. The number of thioether (sulfide) groups is 1. The first-order valence-electron chi connectivity index (χ1n) is 9.47. The normalized spacial score (nSPS) is 16.3. The summed E-state index contributed by atoms with van der Waals surface area (Å²) in [4.78, 5) is 4.79. The van der Waals surface area contributed by atoms with Crippen molar-refractivity contribution in [3.63, 3.8) is 0 Å². The van der Waals surface area contributed by atoms with Crippen LogP contribution in [0.1, 0.15) is 30.0 Å². The Balaban J connectivity index is 1.48. The summed E-state index contributed by atoms with van der Waals surface area (Å²) in [6.07, 6.45) is 1.82. The number of nitrogens with one attached hydrogen (secondary N) is 1. The topological polar surface area (TPSA) is 33.6 Å². The summed E-state index contributed by atoms with van der Waals surface area (Å²) in [7, 11) is 0. The number of aryl methyl sites for hydroxylation is 2. The third kappa shape index (κ3) is 5.25. The number of nitrogens with zero attached hydrogens (tertiary/aromatic N) is 1. The Kier molecular flexibility index (Phi) is 6.78. The van der Waals surface area contributed by atoms with Gasteiger partial charge < -0.3 is 10.1 Å². The zero-order valence-corrected chi connectivity index (χ0v) is 17.0. The highest BCUT2D eigenvalue weighted by molar-refractivity contribution is 8.14. The van der Waals surface area contributed by atoms with Crippen LogP contribution in [0, 0.1) is 19.7 Å². The molecule has 2 aromatic rings. The first-order chi connectivity index (χ1) is 13.1. The monoisotopic (exact) mass is 386 g/mol. The van der Waals surface area contributed by atoms with Gasteiger partial charge in [-0.1, -0.05) is 25.1 Å². The second-order valence-corrected chi connectivity index (χ2v) is 7.94. The molecular weight excluding hydrogens is 359 g/mol. The molecule has 0 fully saturated rings. The number of hydrogen-bond acceptors (Lipinski definition) is 4. The Morgan fingerprint density at radius 2 is 2.11 bits per heavy atom. The molecule has 1 heterocycles. The van der Waals surface area contributed by atoms with Crippen molar-refractivity contribution in [2.24, 2.45) is 4.99 Å². The van der Waals surface area contributed by atoms with Gasteiger partial charge in [-0.2, -0.15) is 0 Å². The van der Waals surface area contributed by atoms with Gasteiger partial charge >= 0.3 is 0 Å². The molecule has 0 saturated heterocycles. The third-order valence-corrected chi connectivity index (χ3v) is 6.03. The summed E-state index contributed by atoms with van der Waals surface area (Å²) >= 11 is 1.77. The van der Waals surface area contributed by atoms with Crippen LogP contribution >= 0.6 is 11.8 Å². The molecular formula is C22H27FN2OS. The number of anilines is 1. The fourth-order valence-corrected chi connectivity index (χ4v) is 4.10. The third-order valence-electron chi connectivity index (χ3n) is 4.92. The van der Waals surface area contributed by atoms with Crippen molar-refractivity contribution in [1.29, 1.82) is 0 Å². The lowest BCUT2D eigenvalue weighted by molar-refractivity contribution is 0.375. The van der Waals surface area contributed by atoms with Crippen molar-refractivity contribution in [2.75, 3.05) is 24.2 Å². The Morgan fingerprint density at radius 1 is 1.26 bits per heavy atom. The number of hydrogen-bond donors (Lipinski definition) is 1. The van der Waals surface area contributed by atoms with Crippen molar-refractivity contribution < 1.29 is 9.13 Å². The molecule has 3 nitrogen and oxygen atoms in total. The summed E-state index contributed by atoms with van der Waals surface area (Å²) in [6, 6.07) is 11.4.